The van der Waals surface area contributed by atoms with Gasteiger partial charge in [-0.1, -0.05) is 0 Å². The molecule has 0 radical (unpaired) electrons. The summed E-state index contributed by atoms with van der Waals surface area (Å²) >= 11 is 0. The molecule has 0 bridgehead atoms. The van der Waals surface area contributed by atoms with Crippen molar-refractivity contribution < 1.29 is 27.6 Å². The van der Waals surface area contributed by atoms with Gasteiger partial charge in [-0.15, -0.1) is 0 Å². The average molecular weight is 318 g/mol. The number of sulfonamides is 1. The minimum atomic E-state index is -4.05. The second kappa shape index (κ2) is 6.50. The Kier molecular flexibility index (Phi) is 5.22. The van der Waals surface area contributed by atoms with Gasteiger partial charge >= 0.3 is 11.7 Å². The molecule has 0 spiro atoms. The Bertz CT molecular complexity index is 657. The highest BCUT2D eigenvalue weighted by atomic mass is 32.2. The zero-order chi connectivity index (χ0) is 16.2. The van der Waals surface area contributed by atoms with Gasteiger partial charge in [0.1, 0.15) is 6.54 Å². The van der Waals surface area contributed by atoms with Gasteiger partial charge in [-0.25, -0.2) is 8.42 Å². The van der Waals surface area contributed by atoms with E-state index in [1.165, 1.54) is 20.2 Å². The number of nitro benzene ring substituents is 1. The van der Waals surface area contributed by atoms with E-state index >= 15 is 0 Å². The molecule has 0 N–H and O–H groups in total. The summed E-state index contributed by atoms with van der Waals surface area (Å²) in [5.41, 5.74) is -0.481. The average Bonchev–Trinajstić information content (AvgIpc) is 2.45. The molecule has 1 rings (SSSR count). The third-order valence-corrected chi connectivity index (χ3v) is 4.43. The molecule has 0 aliphatic rings. The summed E-state index contributed by atoms with van der Waals surface area (Å²) in [4.78, 5) is 20.9. The topological polar surface area (TPSA) is 116 Å². The molecule has 0 saturated carbocycles. The number of methoxy groups -OCH3 is 2. The number of carbonyl (C=O) groups excluding carboxylic acids is 1. The maximum absolute atomic E-state index is 12.2. The molecule has 1 aromatic rings. The Morgan fingerprint density at radius 2 is 2.00 bits per heavy atom. The molecule has 0 atom stereocenters. The molecule has 0 unspecified atom stereocenters. The number of esters is 1. The van der Waals surface area contributed by atoms with Crippen LogP contribution in [-0.2, 0) is 19.6 Å². The molecule has 0 aliphatic carbocycles. The predicted molar refractivity (Wildman–Crippen MR) is 71.5 cm³/mol. The Labute approximate surface area is 121 Å². The molecule has 0 fully saturated rings. The van der Waals surface area contributed by atoms with E-state index < -0.39 is 33.1 Å². The maximum atomic E-state index is 12.2. The monoisotopic (exact) mass is 318 g/mol. The minimum absolute atomic E-state index is 0.0606. The Morgan fingerprint density at radius 1 is 1.38 bits per heavy atom. The van der Waals surface area contributed by atoms with Crippen LogP contribution in [0.1, 0.15) is 0 Å². The quantitative estimate of drug-likeness (QED) is 0.423. The summed E-state index contributed by atoms with van der Waals surface area (Å²) in [6.45, 7) is -0.501. The van der Waals surface area contributed by atoms with Crippen LogP contribution in [0.4, 0.5) is 5.69 Å². The Balaban J connectivity index is 3.23. The zero-order valence-corrected chi connectivity index (χ0v) is 12.4. The van der Waals surface area contributed by atoms with E-state index in [1.807, 2.05) is 0 Å². The van der Waals surface area contributed by atoms with Gasteiger partial charge in [-0.05, 0) is 12.1 Å². The fourth-order valence-corrected chi connectivity index (χ4v) is 2.62. The molecule has 1 aromatic carbocycles. The molecular weight excluding hydrogens is 304 g/mol. The Hall–Kier alpha value is -2.20. The van der Waals surface area contributed by atoms with Gasteiger partial charge in [0.05, 0.1) is 24.0 Å². The van der Waals surface area contributed by atoms with Crippen LogP contribution < -0.4 is 4.74 Å². The predicted octanol–water partition coefficient (Wildman–Crippen LogP) is 0.397. The first kappa shape index (κ1) is 16.9. The molecule has 0 heterocycles. The summed E-state index contributed by atoms with van der Waals surface area (Å²) in [5, 5.41) is 10.9. The van der Waals surface area contributed by atoms with Crippen molar-refractivity contribution in [3.05, 3.63) is 28.3 Å². The lowest BCUT2D eigenvalue weighted by Crippen LogP contribution is -2.32. The normalized spacial score (nSPS) is 11.2. The third-order valence-electron chi connectivity index (χ3n) is 2.63. The first-order chi connectivity index (χ1) is 9.73. The first-order valence-electron chi connectivity index (χ1n) is 5.59. The van der Waals surface area contributed by atoms with E-state index in [2.05, 4.69) is 4.74 Å². The minimum Gasteiger partial charge on any atom is -0.490 e. The van der Waals surface area contributed by atoms with Crippen molar-refractivity contribution >= 4 is 21.7 Å². The van der Waals surface area contributed by atoms with E-state index in [4.69, 9.17) is 4.74 Å². The van der Waals surface area contributed by atoms with Crippen LogP contribution in [0.3, 0.4) is 0 Å². The lowest BCUT2D eigenvalue weighted by atomic mass is 10.3. The molecule has 0 aromatic heterocycles. The molecule has 0 aliphatic heterocycles. The van der Waals surface area contributed by atoms with E-state index in [0.29, 0.717) is 0 Å². The van der Waals surface area contributed by atoms with Crippen molar-refractivity contribution in [3.63, 3.8) is 0 Å². The van der Waals surface area contributed by atoms with E-state index in [9.17, 15) is 23.3 Å². The van der Waals surface area contributed by atoms with Crippen LogP contribution in [-0.4, -0.2) is 51.4 Å². The largest absolute Gasteiger partial charge is 0.490 e. The molecular formula is C11H14N2O7S. The van der Waals surface area contributed by atoms with E-state index in [0.717, 1.165) is 23.5 Å². The number of carbonyl (C=O) groups is 1. The SMILES string of the molecule is COC(=O)CN(C)S(=O)(=O)c1ccc(OC)c([N+](=O)[O-])c1. The molecule has 21 heavy (non-hydrogen) atoms. The number of hydrogen-bond acceptors (Lipinski definition) is 7. The van der Waals surface area contributed by atoms with Crippen LogP contribution in [0, 0.1) is 10.1 Å². The standard InChI is InChI=1S/C11H14N2O7S/c1-12(7-11(14)20-3)21(17,18)8-4-5-10(19-2)9(6-8)13(15)16/h4-6H,7H2,1-3H3. The summed E-state index contributed by atoms with van der Waals surface area (Å²) in [7, 11) is -0.522. The number of nitrogens with zero attached hydrogens (tertiary/aromatic N) is 2. The fourth-order valence-electron chi connectivity index (χ4n) is 1.48. The molecule has 0 saturated heterocycles. The Morgan fingerprint density at radius 3 is 2.48 bits per heavy atom. The van der Waals surface area contributed by atoms with Gasteiger partial charge in [0.2, 0.25) is 10.0 Å². The summed E-state index contributed by atoms with van der Waals surface area (Å²) in [5.74, 6) is -0.807. The molecule has 116 valence electrons. The third kappa shape index (κ3) is 3.67. The van der Waals surface area contributed by atoms with Crippen molar-refractivity contribution in [1.82, 2.24) is 4.31 Å². The highest BCUT2D eigenvalue weighted by Gasteiger charge is 2.27. The van der Waals surface area contributed by atoms with Crippen molar-refractivity contribution in [3.8, 4) is 5.75 Å². The maximum Gasteiger partial charge on any atom is 0.321 e. The molecule has 10 heteroatoms. The van der Waals surface area contributed by atoms with Gasteiger partial charge < -0.3 is 9.47 Å². The summed E-state index contributed by atoms with van der Waals surface area (Å²) in [6, 6.07) is 3.22. The van der Waals surface area contributed by atoms with Crippen molar-refractivity contribution in [2.75, 3.05) is 27.8 Å². The van der Waals surface area contributed by atoms with E-state index in [1.54, 1.807) is 0 Å². The van der Waals surface area contributed by atoms with Crippen molar-refractivity contribution in [2.24, 2.45) is 0 Å². The second-order valence-corrected chi connectivity index (χ2v) is 5.97. The zero-order valence-electron chi connectivity index (χ0n) is 11.6. The van der Waals surface area contributed by atoms with Crippen LogP contribution in [0.5, 0.6) is 5.75 Å². The highest BCUT2D eigenvalue weighted by Crippen LogP contribution is 2.30. The summed E-state index contributed by atoms with van der Waals surface area (Å²) < 4.78 is 34.3. The van der Waals surface area contributed by atoms with Gasteiger partial charge in [0.15, 0.2) is 5.75 Å². The van der Waals surface area contributed by atoms with Crippen LogP contribution in [0.15, 0.2) is 23.1 Å². The smallest absolute Gasteiger partial charge is 0.321 e. The molecule has 9 nitrogen and oxygen atoms in total. The second-order valence-electron chi connectivity index (χ2n) is 3.93. The first-order valence-corrected chi connectivity index (χ1v) is 7.03. The fraction of sp³-hybridized carbons (Fsp3) is 0.364. The van der Waals surface area contributed by atoms with Gasteiger partial charge in [-0.3, -0.25) is 14.9 Å². The number of benzene rings is 1. The number of nitro groups is 1. The van der Waals surface area contributed by atoms with Gasteiger partial charge in [0, 0.05) is 13.1 Å². The number of likely N-dealkylation sites (N-methyl/N-ethyl adjacent to an activating group) is 1. The lowest BCUT2D eigenvalue weighted by Gasteiger charge is -2.16. The van der Waals surface area contributed by atoms with Crippen molar-refractivity contribution in [1.29, 1.82) is 0 Å². The summed E-state index contributed by atoms with van der Waals surface area (Å²) in [6.07, 6.45) is 0. The van der Waals surface area contributed by atoms with Crippen LogP contribution in [0.2, 0.25) is 0 Å². The number of rotatable bonds is 6. The molecule has 0 amide bonds. The van der Waals surface area contributed by atoms with E-state index in [-0.39, 0.29) is 10.6 Å². The number of hydrogen-bond donors (Lipinski definition) is 0. The van der Waals surface area contributed by atoms with Gasteiger partial charge in [0.25, 0.3) is 0 Å². The number of ether oxygens (including phenoxy) is 2. The van der Waals surface area contributed by atoms with Crippen LogP contribution in [0.25, 0.3) is 0 Å². The highest BCUT2D eigenvalue weighted by molar-refractivity contribution is 7.89. The van der Waals surface area contributed by atoms with Gasteiger partial charge in [-0.2, -0.15) is 4.31 Å². The van der Waals surface area contributed by atoms with Crippen molar-refractivity contribution in [2.45, 2.75) is 4.90 Å². The van der Waals surface area contributed by atoms with Crippen LogP contribution >= 0.6 is 0 Å². The lowest BCUT2D eigenvalue weighted by molar-refractivity contribution is -0.386.